The molecule has 0 saturated heterocycles. The minimum absolute atomic E-state index is 0.190. The number of carbonyl (C=O) groups excluding carboxylic acids is 1. The summed E-state index contributed by atoms with van der Waals surface area (Å²) in [7, 11) is 0. The van der Waals surface area contributed by atoms with Gasteiger partial charge in [0, 0.05) is 11.6 Å². The standard InChI is InChI=1S/C20H13F3N4O2/c21-20(22,23)15-7-5-13(6-8-15)17-9-19(29)27(12-25-17)11-18(28)26-16-4-2-1-3-14(16)10-24/h1-9,12H,11H2,(H,26,28). The molecule has 9 heteroatoms. The number of halogens is 3. The Labute approximate surface area is 162 Å². The Bertz CT molecular complexity index is 1150. The van der Waals surface area contributed by atoms with Gasteiger partial charge >= 0.3 is 6.18 Å². The molecule has 0 atom stereocenters. The van der Waals surface area contributed by atoms with Crippen LogP contribution in [0, 0.1) is 11.3 Å². The first-order valence-corrected chi connectivity index (χ1v) is 8.31. The van der Waals surface area contributed by atoms with Crippen LogP contribution in [0.1, 0.15) is 11.1 Å². The number of para-hydroxylation sites is 1. The molecule has 3 aromatic rings. The summed E-state index contributed by atoms with van der Waals surface area (Å²) >= 11 is 0. The Kier molecular flexibility index (Phi) is 5.45. The molecule has 1 heterocycles. The van der Waals surface area contributed by atoms with E-state index in [2.05, 4.69) is 10.3 Å². The molecule has 0 aliphatic heterocycles. The first-order chi connectivity index (χ1) is 13.8. The van der Waals surface area contributed by atoms with Crippen LogP contribution in [-0.2, 0) is 17.5 Å². The maximum Gasteiger partial charge on any atom is 0.416 e. The lowest BCUT2D eigenvalue weighted by molar-refractivity contribution is -0.137. The van der Waals surface area contributed by atoms with Crippen molar-refractivity contribution in [1.82, 2.24) is 9.55 Å². The Hall–Kier alpha value is -3.93. The van der Waals surface area contributed by atoms with Gasteiger partial charge in [-0.3, -0.25) is 14.2 Å². The number of hydrogen-bond donors (Lipinski definition) is 1. The molecule has 29 heavy (non-hydrogen) atoms. The van der Waals surface area contributed by atoms with Gasteiger partial charge in [-0.15, -0.1) is 0 Å². The van der Waals surface area contributed by atoms with Crippen molar-refractivity contribution < 1.29 is 18.0 Å². The molecule has 0 unspecified atom stereocenters. The van der Waals surface area contributed by atoms with Crippen molar-refractivity contribution in [2.45, 2.75) is 12.7 Å². The fourth-order valence-electron chi connectivity index (χ4n) is 2.57. The van der Waals surface area contributed by atoms with Crippen molar-refractivity contribution in [2.24, 2.45) is 0 Å². The average Bonchev–Trinajstić information content (AvgIpc) is 2.69. The minimum Gasteiger partial charge on any atom is -0.323 e. The number of benzene rings is 2. The summed E-state index contributed by atoms with van der Waals surface area (Å²) < 4.78 is 39.0. The summed E-state index contributed by atoms with van der Waals surface area (Å²) in [4.78, 5) is 28.5. The van der Waals surface area contributed by atoms with Crippen LogP contribution >= 0.6 is 0 Å². The molecule has 1 amide bonds. The molecule has 1 aromatic heterocycles. The fraction of sp³-hybridized carbons (Fsp3) is 0.100. The molecule has 0 radical (unpaired) electrons. The van der Waals surface area contributed by atoms with Crippen molar-refractivity contribution in [3.8, 4) is 17.3 Å². The summed E-state index contributed by atoms with van der Waals surface area (Å²) in [5.74, 6) is -0.529. The monoisotopic (exact) mass is 398 g/mol. The molecular formula is C20H13F3N4O2. The van der Waals surface area contributed by atoms with Crippen LogP contribution in [0.2, 0.25) is 0 Å². The molecule has 0 aliphatic carbocycles. The van der Waals surface area contributed by atoms with Crippen LogP contribution in [-0.4, -0.2) is 15.5 Å². The maximum absolute atomic E-state index is 12.6. The molecule has 0 bridgehead atoms. The third-order valence-electron chi connectivity index (χ3n) is 4.02. The zero-order valence-electron chi connectivity index (χ0n) is 14.8. The lowest BCUT2D eigenvalue weighted by Gasteiger charge is -2.10. The number of nitrogens with one attached hydrogen (secondary N) is 1. The van der Waals surface area contributed by atoms with Crippen LogP contribution in [0.15, 0.2) is 65.7 Å². The van der Waals surface area contributed by atoms with Crippen molar-refractivity contribution in [1.29, 1.82) is 5.26 Å². The van der Waals surface area contributed by atoms with Crippen molar-refractivity contribution in [2.75, 3.05) is 5.32 Å². The lowest BCUT2D eigenvalue weighted by atomic mass is 10.1. The topological polar surface area (TPSA) is 87.8 Å². The Balaban J connectivity index is 1.75. The fourth-order valence-corrected chi connectivity index (χ4v) is 2.57. The van der Waals surface area contributed by atoms with E-state index in [1.807, 2.05) is 6.07 Å². The molecule has 0 fully saturated rings. The highest BCUT2D eigenvalue weighted by Crippen LogP contribution is 2.30. The third kappa shape index (κ3) is 4.68. The summed E-state index contributed by atoms with van der Waals surface area (Å²) in [6.07, 6.45) is -3.31. The van der Waals surface area contributed by atoms with E-state index in [4.69, 9.17) is 5.26 Å². The molecular weight excluding hydrogens is 385 g/mol. The van der Waals surface area contributed by atoms with Crippen molar-refractivity contribution >= 4 is 11.6 Å². The molecule has 2 aromatic carbocycles. The van der Waals surface area contributed by atoms with E-state index in [-0.39, 0.29) is 17.8 Å². The first kappa shape index (κ1) is 19.8. The lowest BCUT2D eigenvalue weighted by Crippen LogP contribution is -2.27. The van der Waals surface area contributed by atoms with E-state index in [0.717, 1.165) is 29.1 Å². The Morgan fingerprint density at radius 1 is 1.14 bits per heavy atom. The molecule has 1 N–H and O–H groups in total. The van der Waals surface area contributed by atoms with Gasteiger partial charge in [0.15, 0.2) is 0 Å². The largest absolute Gasteiger partial charge is 0.416 e. The summed E-state index contributed by atoms with van der Waals surface area (Å²) in [5, 5.41) is 11.6. The second-order valence-corrected chi connectivity index (χ2v) is 6.02. The SMILES string of the molecule is N#Cc1ccccc1NC(=O)Cn1cnc(-c2ccc(C(F)(F)F)cc2)cc1=O. The molecule has 0 aliphatic rings. The number of nitrogens with zero attached hydrogens (tertiary/aromatic N) is 3. The van der Waals surface area contributed by atoms with Gasteiger partial charge < -0.3 is 5.32 Å². The maximum atomic E-state index is 12.6. The van der Waals surface area contributed by atoms with E-state index in [1.54, 1.807) is 24.3 Å². The predicted octanol–water partition coefficient (Wildman–Crippen LogP) is 3.44. The number of alkyl halides is 3. The Morgan fingerprint density at radius 3 is 2.45 bits per heavy atom. The molecule has 146 valence electrons. The average molecular weight is 398 g/mol. The number of nitriles is 1. The van der Waals surface area contributed by atoms with Gasteiger partial charge in [-0.1, -0.05) is 24.3 Å². The highest BCUT2D eigenvalue weighted by atomic mass is 19.4. The zero-order valence-corrected chi connectivity index (χ0v) is 14.8. The van der Waals surface area contributed by atoms with E-state index in [1.165, 1.54) is 12.1 Å². The van der Waals surface area contributed by atoms with Crippen LogP contribution < -0.4 is 10.9 Å². The van der Waals surface area contributed by atoms with Crippen molar-refractivity contribution in [3.05, 3.63) is 82.4 Å². The number of amides is 1. The van der Waals surface area contributed by atoms with Crippen molar-refractivity contribution in [3.63, 3.8) is 0 Å². The van der Waals surface area contributed by atoms with Gasteiger partial charge in [-0.25, -0.2) is 4.98 Å². The second kappa shape index (κ2) is 7.98. The molecule has 6 nitrogen and oxygen atoms in total. The van der Waals surface area contributed by atoms with Crippen LogP contribution in [0.25, 0.3) is 11.3 Å². The van der Waals surface area contributed by atoms with Gasteiger partial charge in [0.1, 0.15) is 12.6 Å². The van der Waals surface area contributed by atoms with Crippen LogP contribution in [0.3, 0.4) is 0 Å². The minimum atomic E-state index is -4.45. The summed E-state index contributed by atoms with van der Waals surface area (Å²) in [6.45, 7) is -0.334. The zero-order chi connectivity index (χ0) is 21.0. The van der Waals surface area contributed by atoms with Crippen LogP contribution in [0.5, 0.6) is 0 Å². The first-order valence-electron chi connectivity index (χ1n) is 8.31. The Morgan fingerprint density at radius 2 is 1.83 bits per heavy atom. The number of carbonyl (C=O) groups is 1. The normalized spacial score (nSPS) is 11.0. The van der Waals surface area contributed by atoms with E-state index in [0.29, 0.717) is 11.3 Å². The van der Waals surface area contributed by atoms with Gasteiger partial charge in [0.05, 0.1) is 28.8 Å². The smallest absolute Gasteiger partial charge is 0.323 e. The molecule has 3 rings (SSSR count). The number of anilines is 1. The van der Waals surface area contributed by atoms with E-state index in [9.17, 15) is 22.8 Å². The summed E-state index contributed by atoms with van der Waals surface area (Å²) in [6, 6.07) is 13.8. The molecule has 0 spiro atoms. The van der Waals surface area contributed by atoms with Gasteiger partial charge in [-0.05, 0) is 24.3 Å². The summed E-state index contributed by atoms with van der Waals surface area (Å²) in [5.41, 5.74) is -0.209. The predicted molar refractivity (Wildman–Crippen MR) is 98.7 cm³/mol. The van der Waals surface area contributed by atoms with Gasteiger partial charge in [-0.2, -0.15) is 18.4 Å². The second-order valence-electron chi connectivity index (χ2n) is 6.02. The quantitative estimate of drug-likeness (QED) is 0.729. The highest BCUT2D eigenvalue weighted by Gasteiger charge is 2.30. The van der Waals surface area contributed by atoms with E-state index >= 15 is 0 Å². The number of aromatic nitrogens is 2. The third-order valence-corrected chi connectivity index (χ3v) is 4.02. The molecule has 0 saturated carbocycles. The number of hydrogen-bond acceptors (Lipinski definition) is 4. The number of rotatable bonds is 4. The van der Waals surface area contributed by atoms with Gasteiger partial charge in [0.2, 0.25) is 5.91 Å². The highest BCUT2D eigenvalue weighted by molar-refractivity contribution is 5.91. The van der Waals surface area contributed by atoms with Crippen LogP contribution in [0.4, 0.5) is 18.9 Å². The van der Waals surface area contributed by atoms with E-state index < -0.39 is 23.2 Å². The van der Waals surface area contributed by atoms with Gasteiger partial charge in [0.25, 0.3) is 5.56 Å².